The molecule has 3 aromatic carbocycles. The minimum atomic E-state index is -0.853. The zero-order valence-corrected chi connectivity index (χ0v) is 16.9. The second-order valence-electron chi connectivity index (χ2n) is 7.97. The van der Waals surface area contributed by atoms with E-state index in [1.54, 1.807) is 13.8 Å². The molecule has 0 aliphatic rings. The second kappa shape index (κ2) is 8.57. The SMILES string of the molecule is C[C@@H](NCCCc1ccc(C(C)(C)C(=O)O)cc1)c1cccc2ccccc12. The predicted molar refractivity (Wildman–Crippen MR) is 116 cm³/mol. The number of carboxylic acids is 1. The number of fused-ring (bicyclic) bond motifs is 1. The van der Waals surface area contributed by atoms with Crippen molar-refractivity contribution in [3.05, 3.63) is 83.4 Å². The Kier molecular flexibility index (Phi) is 6.15. The van der Waals surface area contributed by atoms with Crippen LogP contribution in [0.4, 0.5) is 0 Å². The van der Waals surface area contributed by atoms with Crippen LogP contribution in [-0.2, 0) is 16.6 Å². The van der Waals surface area contributed by atoms with Gasteiger partial charge in [-0.25, -0.2) is 0 Å². The molecule has 3 rings (SSSR count). The lowest BCUT2D eigenvalue weighted by Crippen LogP contribution is -2.28. The lowest BCUT2D eigenvalue weighted by atomic mass is 9.84. The van der Waals surface area contributed by atoms with Crippen molar-refractivity contribution in [2.75, 3.05) is 6.54 Å². The molecule has 0 aliphatic carbocycles. The molecule has 0 amide bonds. The first-order chi connectivity index (χ1) is 13.4. The van der Waals surface area contributed by atoms with Crippen molar-refractivity contribution in [3.63, 3.8) is 0 Å². The molecule has 0 heterocycles. The first kappa shape index (κ1) is 20.1. The topological polar surface area (TPSA) is 49.3 Å². The van der Waals surface area contributed by atoms with Crippen LogP contribution in [-0.4, -0.2) is 17.6 Å². The van der Waals surface area contributed by atoms with Gasteiger partial charge in [-0.3, -0.25) is 4.79 Å². The standard InChI is InChI=1S/C25H29NO2/c1-18(22-12-6-10-20-9-4-5-11-23(20)22)26-17-7-8-19-13-15-21(16-14-19)25(2,3)24(27)28/h4-6,9-16,18,26H,7-8,17H2,1-3H3,(H,27,28)/t18-/m1/s1. The van der Waals surface area contributed by atoms with Gasteiger partial charge in [0, 0.05) is 6.04 Å². The molecular weight excluding hydrogens is 346 g/mol. The van der Waals surface area contributed by atoms with Crippen LogP contribution in [0.3, 0.4) is 0 Å². The number of nitrogens with one attached hydrogen (secondary N) is 1. The number of rotatable bonds is 8. The summed E-state index contributed by atoms with van der Waals surface area (Å²) in [4.78, 5) is 11.4. The number of hydrogen-bond donors (Lipinski definition) is 2. The monoisotopic (exact) mass is 375 g/mol. The van der Waals surface area contributed by atoms with Crippen molar-refractivity contribution in [1.82, 2.24) is 5.32 Å². The third-order valence-corrected chi connectivity index (χ3v) is 5.59. The van der Waals surface area contributed by atoms with Crippen molar-refractivity contribution in [3.8, 4) is 0 Å². The molecule has 0 aliphatic heterocycles. The number of carbonyl (C=O) groups is 1. The van der Waals surface area contributed by atoms with E-state index in [0.717, 1.165) is 24.9 Å². The molecule has 28 heavy (non-hydrogen) atoms. The van der Waals surface area contributed by atoms with Crippen LogP contribution >= 0.6 is 0 Å². The van der Waals surface area contributed by atoms with Crippen molar-refractivity contribution >= 4 is 16.7 Å². The largest absolute Gasteiger partial charge is 0.481 e. The van der Waals surface area contributed by atoms with Gasteiger partial charge in [0.1, 0.15) is 0 Å². The van der Waals surface area contributed by atoms with E-state index in [4.69, 9.17) is 0 Å². The summed E-state index contributed by atoms with van der Waals surface area (Å²) < 4.78 is 0. The third-order valence-electron chi connectivity index (χ3n) is 5.59. The molecule has 0 spiro atoms. The number of aliphatic carboxylic acids is 1. The Hall–Kier alpha value is -2.65. The van der Waals surface area contributed by atoms with Crippen molar-refractivity contribution in [1.29, 1.82) is 0 Å². The second-order valence-corrected chi connectivity index (χ2v) is 7.97. The maximum atomic E-state index is 11.4. The van der Waals surface area contributed by atoms with Gasteiger partial charge < -0.3 is 10.4 Å². The highest BCUT2D eigenvalue weighted by molar-refractivity contribution is 5.86. The third kappa shape index (κ3) is 4.42. The van der Waals surface area contributed by atoms with Crippen molar-refractivity contribution < 1.29 is 9.90 Å². The van der Waals surface area contributed by atoms with Gasteiger partial charge in [-0.2, -0.15) is 0 Å². The highest BCUT2D eigenvalue weighted by Gasteiger charge is 2.29. The molecule has 0 aromatic heterocycles. The van der Waals surface area contributed by atoms with Gasteiger partial charge in [0.25, 0.3) is 0 Å². The summed E-state index contributed by atoms with van der Waals surface area (Å²) in [7, 11) is 0. The van der Waals surface area contributed by atoms with Crippen LogP contribution < -0.4 is 5.32 Å². The summed E-state index contributed by atoms with van der Waals surface area (Å²) in [5, 5.41) is 15.6. The normalized spacial score (nSPS) is 12.8. The van der Waals surface area contributed by atoms with Crippen LogP contribution in [0, 0.1) is 0 Å². The minimum absolute atomic E-state index is 0.296. The molecule has 0 radical (unpaired) electrons. The fraction of sp³-hybridized carbons (Fsp3) is 0.320. The van der Waals surface area contributed by atoms with Crippen LogP contribution in [0.5, 0.6) is 0 Å². The fourth-order valence-corrected chi connectivity index (χ4v) is 3.56. The fourth-order valence-electron chi connectivity index (χ4n) is 3.56. The summed E-state index contributed by atoms with van der Waals surface area (Å²) in [6.45, 7) is 6.63. The Balaban J connectivity index is 1.54. The van der Waals surface area contributed by atoms with Gasteiger partial charge >= 0.3 is 5.97 Å². The molecule has 2 N–H and O–H groups in total. The molecule has 146 valence electrons. The zero-order chi connectivity index (χ0) is 20.1. The first-order valence-electron chi connectivity index (χ1n) is 9.93. The van der Waals surface area contributed by atoms with E-state index < -0.39 is 11.4 Å². The van der Waals surface area contributed by atoms with Gasteiger partial charge in [-0.1, -0.05) is 66.7 Å². The quantitative estimate of drug-likeness (QED) is 0.512. The number of aryl methyl sites for hydroxylation is 1. The lowest BCUT2D eigenvalue weighted by molar-refractivity contribution is -0.142. The van der Waals surface area contributed by atoms with E-state index in [0.29, 0.717) is 6.04 Å². The molecule has 0 bridgehead atoms. The van der Waals surface area contributed by atoms with E-state index in [1.807, 2.05) is 24.3 Å². The number of carboxylic acid groups (broad SMARTS) is 1. The summed E-state index contributed by atoms with van der Waals surface area (Å²) in [6, 6.07) is 23.3. The molecule has 3 heteroatoms. The maximum absolute atomic E-state index is 11.4. The molecule has 3 aromatic rings. The Morgan fingerprint density at radius 3 is 2.39 bits per heavy atom. The van der Waals surface area contributed by atoms with E-state index in [-0.39, 0.29) is 0 Å². The summed E-state index contributed by atoms with van der Waals surface area (Å²) in [5.41, 5.74) is 2.56. The summed E-state index contributed by atoms with van der Waals surface area (Å²) in [6.07, 6.45) is 2.01. The molecule has 1 atom stereocenters. The summed E-state index contributed by atoms with van der Waals surface area (Å²) >= 11 is 0. The van der Waals surface area contributed by atoms with Gasteiger partial charge in [0.05, 0.1) is 5.41 Å². The van der Waals surface area contributed by atoms with Gasteiger partial charge in [-0.15, -0.1) is 0 Å². The van der Waals surface area contributed by atoms with Gasteiger partial charge in [-0.05, 0) is 67.6 Å². The predicted octanol–water partition coefficient (Wildman–Crippen LogP) is 5.49. The van der Waals surface area contributed by atoms with Crippen LogP contribution in [0.15, 0.2) is 66.7 Å². The van der Waals surface area contributed by atoms with E-state index >= 15 is 0 Å². The van der Waals surface area contributed by atoms with E-state index in [1.165, 1.54) is 21.9 Å². The Morgan fingerprint density at radius 2 is 1.68 bits per heavy atom. The highest BCUT2D eigenvalue weighted by Crippen LogP contribution is 2.25. The molecule has 0 saturated carbocycles. The average Bonchev–Trinajstić information content (AvgIpc) is 2.71. The summed E-state index contributed by atoms with van der Waals surface area (Å²) in [5.74, 6) is -0.799. The lowest BCUT2D eigenvalue weighted by Gasteiger charge is -2.20. The van der Waals surface area contributed by atoms with Gasteiger partial charge in [0.2, 0.25) is 0 Å². The minimum Gasteiger partial charge on any atom is -0.481 e. The zero-order valence-electron chi connectivity index (χ0n) is 16.9. The van der Waals surface area contributed by atoms with Crippen LogP contribution in [0.2, 0.25) is 0 Å². The van der Waals surface area contributed by atoms with E-state index in [2.05, 4.69) is 54.7 Å². The number of hydrogen-bond acceptors (Lipinski definition) is 2. The Labute approximate surface area is 167 Å². The first-order valence-corrected chi connectivity index (χ1v) is 9.93. The Bertz CT molecular complexity index is 939. The molecule has 0 fully saturated rings. The maximum Gasteiger partial charge on any atom is 0.313 e. The van der Waals surface area contributed by atoms with E-state index in [9.17, 15) is 9.90 Å². The highest BCUT2D eigenvalue weighted by atomic mass is 16.4. The molecular formula is C25H29NO2. The molecule has 0 saturated heterocycles. The van der Waals surface area contributed by atoms with Crippen LogP contribution in [0.1, 0.15) is 49.9 Å². The van der Waals surface area contributed by atoms with Crippen LogP contribution in [0.25, 0.3) is 10.8 Å². The average molecular weight is 376 g/mol. The van der Waals surface area contributed by atoms with Crippen molar-refractivity contribution in [2.24, 2.45) is 0 Å². The Morgan fingerprint density at radius 1 is 1.00 bits per heavy atom. The molecule has 3 nitrogen and oxygen atoms in total. The smallest absolute Gasteiger partial charge is 0.313 e. The molecule has 0 unspecified atom stereocenters. The number of benzene rings is 3. The van der Waals surface area contributed by atoms with Gasteiger partial charge in [0.15, 0.2) is 0 Å². The van der Waals surface area contributed by atoms with Crippen molar-refractivity contribution in [2.45, 2.75) is 45.1 Å².